The van der Waals surface area contributed by atoms with E-state index in [9.17, 15) is 9.59 Å². The van der Waals surface area contributed by atoms with Gasteiger partial charge in [0.25, 0.3) is 5.56 Å². The molecule has 0 unspecified atom stereocenters. The van der Waals surface area contributed by atoms with E-state index >= 15 is 0 Å². The van der Waals surface area contributed by atoms with Crippen molar-refractivity contribution in [2.75, 3.05) is 6.54 Å². The molecule has 0 fully saturated rings. The van der Waals surface area contributed by atoms with Crippen LogP contribution >= 0.6 is 0 Å². The van der Waals surface area contributed by atoms with Gasteiger partial charge in [-0.05, 0) is 56.0 Å². The van der Waals surface area contributed by atoms with E-state index in [2.05, 4.69) is 39.6 Å². The van der Waals surface area contributed by atoms with Crippen LogP contribution in [0.25, 0.3) is 11.4 Å². The number of carbonyl (C=O) groups excluding carboxylic acids is 1. The zero-order chi connectivity index (χ0) is 22.8. The Bertz CT molecular complexity index is 1050. The van der Waals surface area contributed by atoms with Gasteiger partial charge in [0.2, 0.25) is 5.91 Å². The highest BCUT2D eigenvalue weighted by Crippen LogP contribution is 2.19. The molecule has 168 valence electrons. The summed E-state index contributed by atoms with van der Waals surface area (Å²) in [7, 11) is 0. The largest absolute Gasteiger partial charge is 0.491 e. The molecule has 0 spiro atoms. The molecule has 1 amide bonds. The van der Waals surface area contributed by atoms with Crippen LogP contribution in [0.2, 0.25) is 0 Å². The molecule has 7 nitrogen and oxygen atoms in total. The molecule has 0 aliphatic rings. The summed E-state index contributed by atoms with van der Waals surface area (Å²) in [6, 6.07) is 17.5. The van der Waals surface area contributed by atoms with Gasteiger partial charge in [0, 0.05) is 24.9 Å². The number of nitrogens with one attached hydrogen (secondary N) is 2. The van der Waals surface area contributed by atoms with Gasteiger partial charge in [-0.1, -0.05) is 37.3 Å². The van der Waals surface area contributed by atoms with E-state index in [-0.39, 0.29) is 36.1 Å². The average molecular weight is 435 g/mol. The van der Waals surface area contributed by atoms with Crippen LogP contribution in [0.3, 0.4) is 0 Å². The molecule has 0 saturated heterocycles. The fraction of sp³-hybridized carbons (Fsp3) is 0.360. The fourth-order valence-electron chi connectivity index (χ4n) is 3.15. The highest BCUT2D eigenvalue weighted by Gasteiger charge is 2.10. The predicted molar refractivity (Wildman–Crippen MR) is 125 cm³/mol. The van der Waals surface area contributed by atoms with Crippen molar-refractivity contribution >= 4 is 5.91 Å². The summed E-state index contributed by atoms with van der Waals surface area (Å²) in [4.78, 5) is 27.2. The summed E-state index contributed by atoms with van der Waals surface area (Å²) in [5.41, 5.74) is 1.92. The summed E-state index contributed by atoms with van der Waals surface area (Å²) in [5, 5.41) is 11.1. The number of nitrogens with zero attached hydrogens (tertiary/aromatic N) is 2. The Kier molecular flexibility index (Phi) is 8.54. The Morgan fingerprint density at radius 3 is 2.50 bits per heavy atom. The molecule has 2 aromatic carbocycles. The van der Waals surface area contributed by atoms with Crippen molar-refractivity contribution in [3.05, 3.63) is 76.2 Å². The molecule has 32 heavy (non-hydrogen) atoms. The lowest BCUT2D eigenvalue weighted by Crippen LogP contribution is -2.26. The van der Waals surface area contributed by atoms with Gasteiger partial charge >= 0.3 is 0 Å². The Morgan fingerprint density at radius 1 is 1.06 bits per heavy atom. The number of ether oxygens (including phenoxy) is 1. The monoisotopic (exact) mass is 434 g/mol. The molecule has 0 aliphatic carbocycles. The molecule has 0 aliphatic heterocycles. The van der Waals surface area contributed by atoms with Crippen LogP contribution < -0.4 is 15.6 Å². The van der Waals surface area contributed by atoms with Crippen molar-refractivity contribution in [2.24, 2.45) is 0 Å². The van der Waals surface area contributed by atoms with Crippen LogP contribution in [-0.2, 0) is 17.6 Å². The van der Waals surface area contributed by atoms with Crippen molar-refractivity contribution in [2.45, 2.75) is 52.1 Å². The first-order valence-corrected chi connectivity index (χ1v) is 11.1. The molecule has 2 N–H and O–H groups in total. The van der Waals surface area contributed by atoms with Gasteiger partial charge < -0.3 is 15.0 Å². The Balaban J connectivity index is 1.46. The third-order valence-corrected chi connectivity index (χ3v) is 5.20. The quantitative estimate of drug-likeness (QED) is 0.449. The maximum Gasteiger partial charge on any atom is 0.273 e. The van der Waals surface area contributed by atoms with Gasteiger partial charge in [0.05, 0.1) is 6.10 Å². The Labute approximate surface area is 188 Å². The van der Waals surface area contributed by atoms with Crippen molar-refractivity contribution in [3.63, 3.8) is 0 Å². The van der Waals surface area contributed by atoms with Crippen molar-refractivity contribution in [1.82, 2.24) is 20.5 Å². The number of aryl methyl sites for hydroxylation is 2. The molecular formula is C25H30N4O3. The van der Waals surface area contributed by atoms with Crippen LogP contribution in [0.15, 0.2) is 59.4 Å². The predicted octanol–water partition coefficient (Wildman–Crippen LogP) is 3.69. The van der Waals surface area contributed by atoms with Crippen LogP contribution in [0.1, 0.15) is 44.4 Å². The molecule has 1 atom stereocenters. The molecule has 0 bridgehead atoms. The molecule has 0 saturated carbocycles. The van der Waals surface area contributed by atoms with Gasteiger partial charge in [-0.25, -0.2) is 0 Å². The van der Waals surface area contributed by atoms with Crippen molar-refractivity contribution in [1.29, 1.82) is 0 Å². The van der Waals surface area contributed by atoms with Gasteiger partial charge in [-0.3, -0.25) is 9.59 Å². The van der Waals surface area contributed by atoms with Crippen molar-refractivity contribution in [3.8, 4) is 17.1 Å². The van der Waals surface area contributed by atoms with Crippen molar-refractivity contribution < 1.29 is 9.53 Å². The maximum atomic E-state index is 12.4. The Morgan fingerprint density at radius 2 is 1.81 bits per heavy atom. The normalized spacial score (nSPS) is 11.7. The molecule has 3 rings (SSSR count). The number of hydrogen-bond donors (Lipinski definition) is 2. The molecule has 1 aromatic heterocycles. The first-order chi connectivity index (χ1) is 15.5. The first kappa shape index (κ1) is 23.2. The fourth-order valence-corrected chi connectivity index (χ4v) is 3.15. The second-order valence-corrected chi connectivity index (χ2v) is 7.75. The number of H-pyrrole nitrogens is 1. The lowest BCUT2D eigenvalue weighted by Gasteiger charge is -2.12. The summed E-state index contributed by atoms with van der Waals surface area (Å²) >= 11 is 0. The van der Waals surface area contributed by atoms with Gasteiger partial charge in [-0.2, -0.15) is 0 Å². The van der Waals surface area contributed by atoms with Crippen LogP contribution in [0.4, 0.5) is 0 Å². The van der Waals surface area contributed by atoms with Crippen LogP contribution in [0, 0.1) is 0 Å². The summed E-state index contributed by atoms with van der Waals surface area (Å²) in [6.45, 7) is 4.68. The number of hydrogen-bond acceptors (Lipinski definition) is 5. The Hall–Kier alpha value is -3.48. The van der Waals surface area contributed by atoms with Gasteiger partial charge in [0.1, 0.15) is 11.4 Å². The number of rotatable bonds is 11. The second kappa shape index (κ2) is 11.8. The molecule has 1 heterocycles. The van der Waals surface area contributed by atoms with Crippen LogP contribution in [-0.4, -0.2) is 33.7 Å². The van der Waals surface area contributed by atoms with E-state index in [1.54, 1.807) is 0 Å². The van der Waals surface area contributed by atoms with Crippen LogP contribution in [0.5, 0.6) is 5.75 Å². The third kappa shape index (κ3) is 7.04. The lowest BCUT2D eigenvalue weighted by molar-refractivity contribution is -0.121. The van der Waals surface area contributed by atoms with E-state index in [0.717, 1.165) is 30.6 Å². The standard InChI is InChI=1S/C25H30N4O3/c1-3-18(2)32-21-13-11-20(12-14-21)24-27-25(31)22(28-29-24)15-16-23(30)26-17-7-10-19-8-5-4-6-9-19/h4-6,8-9,11-14,18H,3,7,10,15-17H2,1-2H3,(H,26,30)(H,27,29,31)/t18-/m1/s1. The van der Waals surface area contributed by atoms with E-state index < -0.39 is 0 Å². The minimum absolute atomic E-state index is 0.0970. The highest BCUT2D eigenvalue weighted by molar-refractivity contribution is 5.76. The zero-order valence-electron chi connectivity index (χ0n) is 18.6. The lowest BCUT2D eigenvalue weighted by atomic mass is 10.1. The number of carbonyl (C=O) groups is 1. The molecule has 7 heteroatoms. The molecule has 3 aromatic rings. The highest BCUT2D eigenvalue weighted by atomic mass is 16.5. The summed E-state index contributed by atoms with van der Waals surface area (Å²) in [6.07, 6.45) is 3.29. The average Bonchev–Trinajstić information content (AvgIpc) is 2.82. The maximum absolute atomic E-state index is 12.4. The van der Waals surface area contributed by atoms with E-state index in [1.165, 1.54) is 5.56 Å². The van der Waals surface area contributed by atoms with Gasteiger partial charge in [-0.15, -0.1) is 10.2 Å². The number of aromatic nitrogens is 3. The zero-order valence-corrected chi connectivity index (χ0v) is 18.6. The smallest absolute Gasteiger partial charge is 0.273 e. The second-order valence-electron chi connectivity index (χ2n) is 7.75. The van der Waals surface area contributed by atoms with Gasteiger partial charge in [0.15, 0.2) is 5.82 Å². The summed E-state index contributed by atoms with van der Waals surface area (Å²) < 4.78 is 5.76. The molecule has 0 radical (unpaired) electrons. The number of benzene rings is 2. The van der Waals surface area contributed by atoms with E-state index in [1.807, 2.05) is 49.4 Å². The minimum Gasteiger partial charge on any atom is -0.491 e. The minimum atomic E-state index is -0.327. The van der Waals surface area contributed by atoms with E-state index in [4.69, 9.17) is 4.74 Å². The third-order valence-electron chi connectivity index (χ3n) is 5.20. The summed E-state index contributed by atoms with van der Waals surface area (Å²) in [5.74, 6) is 1.06. The molecular weight excluding hydrogens is 404 g/mol. The number of amides is 1. The first-order valence-electron chi connectivity index (χ1n) is 11.1. The topological polar surface area (TPSA) is 97.0 Å². The SMILES string of the molecule is CC[C@@H](C)Oc1ccc(-c2nnc(CCC(=O)NCCCc3ccccc3)c(=O)[nH]2)cc1. The number of aromatic amines is 1. The van der Waals surface area contributed by atoms with E-state index in [0.29, 0.717) is 12.4 Å².